The van der Waals surface area contributed by atoms with Gasteiger partial charge in [0.2, 0.25) is 0 Å². The van der Waals surface area contributed by atoms with E-state index in [9.17, 15) is 14.7 Å². The number of aromatic nitrogens is 1. The van der Waals surface area contributed by atoms with Crippen molar-refractivity contribution in [1.82, 2.24) is 4.98 Å². The number of pyridine rings is 1. The van der Waals surface area contributed by atoms with Crippen molar-refractivity contribution in [3.63, 3.8) is 0 Å². The molecule has 2 heterocycles. The van der Waals surface area contributed by atoms with Crippen LogP contribution >= 0.6 is 0 Å². The maximum absolute atomic E-state index is 12.6. The van der Waals surface area contributed by atoms with Crippen LogP contribution in [0.1, 0.15) is 32.9 Å². The van der Waals surface area contributed by atoms with Gasteiger partial charge in [-0.05, 0) is 48.8 Å². The summed E-state index contributed by atoms with van der Waals surface area (Å²) < 4.78 is 5.45. The van der Waals surface area contributed by atoms with Crippen LogP contribution in [0, 0.1) is 29.1 Å². The molecule has 0 amide bonds. The molecule has 4 rings (SSSR count). The number of benzene rings is 1. The van der Waals surface area contributed by atoms with Crippen molar-refractivity contribution in [2.75, 3.05) is 0 Å². The highest BCUT2D eigenvalue weighted by Gasteiger charge is 2.66. The summed E-state index contributed by atoms with van der Waals surface area (Å²) in [5.74, 6) is -1.78. The Kier molecular flexibility index (Phi) is 5.22. The van der Waals surface area contributed by atoms with Crippen molar-refractivity contribution in [3.8, 4) is 11.1 Å². The third-order valence-corrected chi connectivity index (χ3v) is 7.06. The molecule has 1 saturated heterocycles. The van der Waals surface area contributed by atoms with Gasteiger partial charge in [-0.2, -0.15) is 0 Å². The van der Waals surface area contributed by atoms with Crippen molar-refractivity contribution < 1.29 is 19.4 Å². The molecule has 2 fully saturated rings. The molecular weight excluding hydrogens is 378 g/mol. The van der Waals surface area contributed by atoms with Crippen molar-refractivity contribution in [2.24, 2.45) is 29.1 Å². The average molecular weight is 405 g/mol. The Balaban J connectivity index is 1.63. The van der Waals surface area contributed by atoms with Gasteiger partial charge in [-0.3, -0.25) is 14.6 Å². The molecule has 5 heteroatoms. The highest BCUT2D eigenvalue weighted by molar-refractivity contribution is 6.01. The molecule has 1 aromatic heterocycles. The van der Waals surface area contributed by atoms with Crippen molar-refractivity contribution in [1.29, 1.82) is 0 Å². The quantitative estimate of drug-likeness (QED) is 0.590. The number of carboxylic acids is 1. The molecule has 2 aliphatic rings. The zero-order valence-electron chi connectivity index (χ0n) is 17.5. The van der Waals surface area contributed by atoms with Crippen LogP contribution in [-0.2, 0) is 14.3 Å². The third kappa shape index (κ3) is 3.22. The minimum atomic E-state index is -1.45. The van der Waals surface area contributed by atoms with E-state index >= 15 is 0 Å². The SMILES string of the molecule is C[C@H]1[C@H](/C=C/c2ccc(-c3ccccc3)cn2)[C@@H]2[C@@H](C)OC(=O)[C@]2(C(=O)O)C[C@@H]1C. The third-order valence-electron chi connectivity index (χ3n) is 7.06. The van der Waals surface area contributed by atoms with Crippen LogP contribution in [0.15, 0.2) is 54.7 Å². The van der Waals surface area contributed by atoms with Crippen LogP contribution in [0.5, 0.6) is 0 Å². The first-order valence-corrected chi connectivity index (χ1v) is 10.5. The highest BCUT2D eigenvalue weighted by atomic mass is 16.6. The summed E-state index contributed by atoms with van der Waals surface area (Å²) in [4.78, 5) is 29.4. The maximum atomic E-state index is 12.6. The molecule has 5 nitrogen and oxygen atoms in total. The summed E-state index contributed by atoms with van der Waals surface area (Å²) in [6.45, 7) is 5.96. The average Bonchev–Trinajstić information content (AvgIpc) is 3.00. The molecule has 1 saturated carbocycles. The molecule has 0 unspecified atom stereocenters. The topological polar surface area (TPSA) is 76.5 Å². The van der Waals surface area contributed by atoms with Crippen LogP contribution < -0.4 is 0 Å². The lowest BCUT2D eigenvalue weighted by atomic mass is 9.55. The second-order valence-corrected chi connectivity index (χ2v) is 8.73. The largest absolute Gasteiger partial charge is 0.480 e. The minimum Gasteiger partial charge on any atom is -0.480 e. The van der Waals surface area contributed by atoms with E-state index in [4.69, 9.17) is 4.74 Å². The molecule has 1 N–H and O–H groups in total. The molecule has 0 spiro atoms. The van der Waals surface area contributed by atoms with Gasteiger partial charge in [0.05, 0.1) is 5.69 Å². The Hall–Kier alpha value is -2.95. The molecule has 156 valence electrons. The Morgan fingerprint density at radius 1 is 1.13 bits per heavy atom. The van der Waals surface area contributed by atoms with Crippen LogP contribution in [0.2, 0.25) is 0 Å². The van der Waals surface area contributed by atoms with Gasteiger partial charge < -0.3 is 9.84 Å². The second kappa shape index (κ2) is 7.71. The lowest BCUT2D eigenvalue weighted by Crippen LogP contribution is -2.52. The molecule has 1 aliphatic carbocycles. The van der Waals surface area contributed by atoms with Gasteiger partial charge in [0.25, 0.3) is 0 Å². The lowest BCUT2D eigenvalue weighted by molar-refractivity contribution is -0.167. The van der Waals surface area contributed by atoms with Gasteiger partial charge in [-0.25, -0.2) is 0 Å². The van der Waals surface area contributed by atoms with Gasteiger partial charge >= 0.3 is 11.9 Å². The zero-order valence-corrected chi connectivity index (χ0v) is 17.5. The number of hydrogen-bond donors (Lipinski definition) is 1. The number of carboxylic acid groups (broad SMARTS) is 1. The van der Waals surface area contributed by atoms with Crippen LogP contribution in [0.3, 0.4) is 0 Å². The Morgan fingerprint density at radius 2 is 1.87 bits per heavy atom. The first kappa shape index (κ1) is 20.3. The van der Waals surface area contributed by atoms with Crippen LogP contribution in [0.4, 0.5) is 0 Å². The molecule has 1 aliphatic heterocycles. The summed E-state index contributed by atoms with van der Waals surface area (Å²) in [6, 6.07) is 14.0. The second-order valence-electron chi connectivity index (χ2n) is 8.73. The fourth-order valence-electron chi connectivity index (χ4n) is 5.27. The summed E-state index contributed by atoms with van der Waals surface area (Å²) in [7, 11) is 0. The number of rotatable bonds is 4. The molecule has 30 heavy (non-hydrogen) atoms. The fourth-order valence-corrected chi connectivity index (χ4v) is 5.27. The minimum absolute atomic E-state index is 0.0816. The first-order chi connectivity index (χ1) is 14.3. The predicted molar refractivity (Wildman–Crippen MR) is 114 cm³/mol. The Morgan fingerprint density at radius 3 is 2.50 bits per heavy atom. The van der Waals surface area contributed by atoms with Gasteiger partial charge in [0, 0.05) is 17.7 Å². The van der Waals surface area contributed by atoms with Crippen molar-refractivity contribution in [3.05, 3.63) is 60.4 Å². The number of hydrogen-bond acceptors (Lipinski definition) is 4. The monoisotopic (exact) mass is 405 g/mol. The van der Waals surface area contributed by atoms with E-state index in [2.05, 4.69) is 11.9 Å². The number of nitrogens with zero attached hydrogens (tertiary/aromatic N) is 1. The Bertz CT molecular complexity index is 968. The van der Waals surface area contributed by atoms with E-state index in [1.807, 2.05) is 74.7 Å². The Labute approximate surface area is 176 Å². The molecule has 6 atom stereocenters. The maximum Gasteiger partial charge on any atom is 0.324 e. The zero-order chi connectivity index (χ0) is 21.5. The summed E-state index contributed by atoms with van der Waals surface area (Å²) in [5.41, 5.74) is 1.50. The molecule has 0 bridgehead atoms. The smallest absolute Gasteiger partial charge is 0.324 e. The van der Waals surface area contributed by atoms with Gasteiger partial charge in [-0.15, -0.1) is 0 Å². The summed E-state index contributed by atoms with van der Waals surface area (Å²) in [6.07, 6.45) is 5.72. The van der Waals surface area contributed by atoms with Crippen LogP contribution in [-0.4, -0.2) is 28.1 Å². The fraction of sp³-hybridized carbons (Fsp3) is 0.400. The summed E-state index contributed by atoms with van der Waals surface area (Å²) >= 11 is 0. The first-order valence-electron chi connectivity index (χ1n) is 10.5. The van der Waals surface area contributed by atoms with Crippen molar-refractivity contribution in [2.45, 2.75) is 33.3 Å². The molecule has 1 aromatic carbocycles. The van der Waals surface area contributed by atoms with E-state index in [1.165, 1.54) is 0 Å². The number of esters is 1. The van der Waals surface area contributed by atoms with E-state index in [0.29, 0.717) is 6.42 Å². The standard InChI is InChI=1S/C25H27NO4/c1-15-13-25(23(27)28)22(17(3)30-24(25)29)21(16(15)2)12-11-20-10-9-19(14-26-20)18-7-5-4-6-8-18/h4-12,14-17,21-22H,13H2,1-3H3,(H,27,28)/b12-11+/t15-,16+,17+,21-,22-,25+/m0/s1. The number of allylic oxidation sites excluding steroid dienone is 1. The van der Waals surface area contributed by atoms with E-state index < -0.39 is 23.5 Å². The summed E-state index contributed by atoms with van der Waals surface area (Å²) in [5, 5.41) is 10.00. The molecule has 2 aromatic rings. The van der Waals surface area contributed by atoms with Gasteiger partial charge in [0.1, 0.15) is 6.10 Å². The number of cyclic esters (lactones) is 1. The number of carbonyl (C=O) groups excluding carboxylic acids is 1. The molecular formula is C25H27NO4. The number of ether oxygens (including phenoxy) is 1. The number of aliphatic carboxylic acids is 1. The van der Waals surface area contributed by atoms with Gasteiger partial charge in [0.15, 0.2) is 5.41 Å². The molecule has 0 radical (unpaired) electrons. The number of fused-ring (bicyclic) bond motifs is 1. The van der Waals surface area contributed by atoms with E-state index in [-0.39, 0.29) is 23.7 Å². The van der Waals surface area contributed by atoms with E-state index in [0.717, 1.165) is 16.8 Å². The van der Waals surface area contributed by atoms with E-state index in [1.54, 1.807) is 0 Å². The highest BCUT2D eigenvalue weighted by Crippen LogP contribution is 2.56. The van der Waals surface area contributed by atoms with Gasteiger partial charge in [-0.1, -0.05) is 56.3 Å². The lowest BCUT2D eigenvalue weighted by Gasteiger charge is -2.45. The predicted octanol–water partition coefficient (Wildman–Crippen LogP) is 4.69. The number of carbonyl (C=O) groups is 2. The normalized spacial score (nSPS) is 33.3. The van der Waals surface area contributed by atoms with Crippen molar-refractivity contribution >= 4 is 18.0 Å². The van der Waals surface area contributed by atoms with Crippen LogP contribution in [0.25, 0.3) is 17.2 Å².